The molecule has 0 radical (unpaired) electrons. The zero-order valence-electron chi connectivity index (χ0n) is 6.73. The number of alkyl halides is 5. The molecule has 1 atom stereocenters. The number of carboxylic acid groups (broad SMARTS) is 1. The standard InChI is InChI=1S/C5H6F5NO2.ClH/c1-3(11,2(12)13)4(6,7)5(8,9)10;/h11H2,1H3,(H,12,13);1H. The van der Waals surface area contributed by atoms with Crippen molar-refractivity contribution in [1.82, 2.24) is 0 Å². The van der Waals surface area contributed by atoms with Gasteiger partial charge in [0.05, 0.1) is 0 Å². The first-order valence-corrected chi connectivity index (χ1v) is 2.91. The highest BCUT2D eigenvalue weighted by Crippen LogP contribution is 2.42. The van der Waals surface area contributed by atoms with E-state index in [0.29, 0.717) is 0 Å². The van der Waals surface area contributed by atoms with Crippen LogP contribution in [0.2, 0.25) is 0 Å². The second kappa shape index (κ2) is 3.85. The van der Waals surface area contributed by atoms with E-state index < -0.39 is 23.6 Å². The van der Waals surface area contributed by atoms with Gasteiger partial charge in [0, 0.05) is 0 Å². The van der Waals surface area contributed by atoms with E-state index in [2.05, 4.69) is 5.73 Å². The highest BCUT2D eigenvalue weighted by molar-refractivity contribution is 5.85. The van der Waals surface area contributed by atoms with Crippen molar-refractivity contribution in [1.29, 1.82) is 0 Å². The lowest BCUT2D eigenvalue weighted by Gasteiger charge is -2.30. The predicted molar refractivity (Wildman–Crippen MR) is 38.5 cm³/mol. The molecule has 0 aromatic heterocycles. The molecule has 9 heteroatoms. The normalized spacial score (nSPS) is 16.8. The number of carbonyl (C=O) groups is 1. The summed E-state index contributed by atoms with van der Waals surface area (Å²) in [5, 5.41) is 8.04. The highest BCUT2D eigenvalue weighted by atomic mass is 35.5. The molecule has 0 aromatic rings. The first kappa shape index (κ1) is 15.8. The second-order valence-corrected chi connectivity index (χ2v) is 2.58. The monoisotopic (exact) mass is 243 g/mol. The molecule has 0 aliphatic rings. The average Bonchev–Trinajstić information content (AvgIpc) is 1.84. The third-order valence-electron chi connectivity index (χ3n) is 1.45. The lowest BCUT2D eigenvalue weighted by atomic mass is 9.95. The van der Waals surface area contributed by atoms with Crippen LogP contribution in [0.15, 0.2) is 0 Å². The van der Waals surface area contributed by atoms with Crippen LogP contribution in [0.5, 0.6) is 0 Å². The maximum absolute atomic E-state index is 12.3. The number of hydrogen-bond donors (Lipinski definition) is 2. The molecule has 0 saturated heterocycles. The Morgan fingerprint density at radius 3 is 1.57 bits per heavy atom. The molecule has 0 heterocycles. The molecular formula is C5H7ClF5NO2. The summed E-state index contributed by atoms with van der Waals surface area (Å²) in [5.41, 5.74) is 0.692. The van der Waals surface area contributed by atoms with Crippen LogP contribution in [0.4, 0.5) is 22.0 Å². The van der Waals surface area contributed by atoms with Crippen LogP contribution in [0.1, 0.15) is 6.92 Å². The van der Waals surface area contributed by atoms with E-state index in [0.717, 1.165) is 0 Å². The summed E-state index contributed by atoms with van der Waals surface area (Å²) >= 11 is 0. The summed E-state index contributed by atoms with van der Waals surface area (Å²) in [7, 11) is 0. The highest BCUT2D eigenvalue weighted by Gasteiger charge is 2.70. The molecule has 0 fully saturated rings. The molecule has 1 unspecified atom stereocenters. The lowest BCUT2D eigenvalue weighted by Crippen LogP contribution is -2.65. The first-order chi connectivity index (χ1) is 5.44. The Labute approximate surface area is 81.5 Å². The van der Waals surface area contributed by atoms with Gasteiger partial charge >= 0.3 is 18.1 Å². The van der Waals surface area contributed by atoms with Gasteiger partial charge in [-0.2, -0.15) is 22.0 Å². The Balaban J connectivity index is 0. The second-order valence-electron chi connectivity index (χ2n) is 2.58. The van der Waals surface area contributed by atoms with E-state index in [4.69, 9.17) is 5.11 Å². The van der Waals surface area contributed by atoms with Gasteiger partial charge in [0.25, 0.3) is 0 Å². The van der Waals surface area contributed by atoms with Gasteiger partial charge in [0.15, 0.2) is 5.54 Å². The van der Waals surface area contributed by atoms with E-state index in [-0.39, 0.29) is 19.3 Å². The van der Waals surface area contributed by atoms with Gasteiger partial charge in [-0.05, 0) is 6.92 Å². The maximum Gasteiger partial charge on any atom is 0.455 e. The predicted octanol–water partition coefficient (Wildman–Crippen LogP) is 1.41. The van der Waals surface area contributed by atoms with Gasteiger partial charge in [-0.25, -0.2) is 4.79 Å². The zero-order valence-corrected chi connectivity index (χ0v) is 7.55. The third-order valence-corrected chi connectivity index (χ3v) is 1.45. The molecule has 0 aliphatic carbocycles. The van der Waals surface area contributed by atoms with Gasteiger partial charge < -0.3 is 10.8 Å². The van der Waals surface area contributed by atoms with Crippen LogP contribution in [0.25, 0.3) is 0 Å². The molecule has 0 spiro atoms. The van der Waals surface area contributed by atoms with Crippen molar-refractivity contribution >= 4 is 18.4 Å². The minimum atomic E-state index is -5.98. The van der Waals surface area contributed by atoms with Gasteiger partial charge in [-0.1, -0.05) is 0 Å². The fourth-order valence-electron chi connectivity index (χ4n) is 0.429. The van der Waals surface area contributed by atoms with E-state index in [1.807, 2.05) is 0 Å². The van der Waals surface area contributed by atoms with Crippen LogP contribution in [-0.2, 0) is 4.79 Å². The van der Waals surface area contributed by atoms with Crippen molar-refractivity contribution < 1.29 is 31.9 Å². The molecule has 86 valence electrons. The molecule has 3 N–H and O–H groups in total. The minimum absolute atomic E-state index is 0. The van der Waals surface area contributed by atoms with Crippen molar-refractivity contribution in [3.63, 3.8) is 0 Å². The molecule has 14 heavy (non-hydrogen) atoms. The van der Waals surface area contributed by atoms with Crippen molar-refractivity contribution in [3.8, 4) is 0 Å². The van der Waals surface area contributed by atoms with Crippen LogP contribution in [0.3, 0.4) is 0 Å². The van der Waals surface area contributed by atoms with Crippen molar-refractivity contribution in [3.05, 3.63) is 0 Å². The van der Waals surface area contributed by atoms with Crippen LogP contribution in [0, 0.1) is 0 Å². The fraction of sp³-hybridized carbons (Fsp3) is 0.800. The first-order valence-electron chi connectivity index (χ1n) is 2.91. The number of halogens is 6. The molecule has 0 aromatic carbocycles. The smallest absolute Gasteiger partial charge is 0.455 e. The number of nitrogens with two attached hydrogens (primary N) is 1. The van der Waals surface area contributed by atoms with Crippen molar-refractivity contribution in [2.45, 2.75) is 24.6 Å². The topological polar surface area (TPSA) is 63.3 Å². The van der Waals surface area contributed by atoms with Crippen molar-refractivity contribution in [2.24, 2.45) is 5.73 Å². The Kier molecular flexibility index (Phi) is 4.36. The summed E-state index contributed by atoms with van der Waals surface area (Å²) in [6.45, 7) is 0.100. The summed E-state index contributed by atoms with van der Waals surface area (Å²) in [6, 6.07) is 0. The Hall–Kier alpha value is -0.630. The van der Waals surface area contributed by atoms with E-state index >= 15 is 0 Å². The summed E-state index contributed by atoms with van der Waals surface area (Å²) in [5.74, 6) is -7.89. The third kappa shape index (κ3) is 2.24. The zero-order chi connectivity index (χ0) is 11.1. The summed E-state index contributed by atoms with van der Waals surface area (Å²) in [6.07, 6.45) is -5.98. The molecule has 0 aliphatic heterocycles. The number of aliphatic carboxylic acids is 1. The molecule has 3 nitrogen and oxygen atoms in total. The Bertz CT molecular complexity index is 227. The molecular weight excluding hydrogens is 237 g/mol. The molecule has 0 bridgehead atoms. The summed E-state index contributed by atoms with van der Waals surface area (Å²) in [4.78, 5) is 10.0. The average molecular weight is 244 g/mol. The largest absolute Gasteiger partial charge is 0.480 e. The van der Waals surface area contributed by atoms with Gasteiger partial charge in [-0.3, -0.25) is 0 Å². The van der Waals surface area contributed by atoms with E-state index in [1.165, 1.54) is 0 Å². The van der Waals surface area contributed by atoms with Gasteiger partial charge in [-0.15, -0.1) is 12.4 Å². The maximum atomic E-state index is 12.3. The lowest BCUT2D eigenvalue weighted by molar-refractivity contribution is -0.303. The van der Waals surface area contributed by atoms with Crippen LogP contribution >= 0.6 is 12.4 Å². The van der Waals surface area contributed by atoms with E-state index in [1.54, 1.807) is 0 Å². The van der Waals surface area contributed by atoms with Crippen LogP contribution < -0.4 is 5.73 Å². The van der Waals surface area contributed by atoms with E-state index in [9.17, 15) is 26.7 Å². The Morgan fingerprint density at radius 1 is 1.21 bits per heavy atom. The molecule has 0 rings (SSSR count). The minimum Gasteiger partial charge on any atom is -0.480 e. The molecule has 0 saturated carbocycles. The van der Waals surface area contributed by atoms with Gasteiger partial charge in [0.1, 0.15) is 0 Å². The fourth-order valence-corrected chi connectivity index (χ4v) is 0.429. The number of rotatable bonds is 2. The number of carboxylic acids is 1. The Morgan fingerprint density at radius 2 is 1.50 bits per heavy atom. The molecule has 0 amide bonds. The summed E-state index contributed by atoms with van der Waals surface area (Å²) < 4.78 is 59.4. The SMILES string of the molecule is CC(N)(C(=O)O)C(F)(F)C(F)(F)F.Cl. The quantitative estimate of drug-likeness (QED) is 0.721. The van der Waals surface area contributed by atoms with Crippen LogP contribution in [-0.4, -0.2) is 28.7 Å². The van der Waals surface area contributed by atoms with Crippen molar-refractivity contribution in [2.75, 3.05) is 0 Å². The number of hydrogen-bond acceptors (Lipinski definition) is 2. The van der Waals surface area contributed by atoms with Gasteiger partial charge in [0.2, 0.25) is 0 Å².